The first kappa shape index (κ1) is 17.7. The van der Waals surface area contributed by atoms with Crippen molar-refractivity contribution in [3.63, 3.8) is 0 Å². The van der Waals surface area contributed by atoms with E-state index in [0.717, 1.165) is 43.5 Å². The molecule has 1 aromatic carbocycles. The molecule has 1 aromatic rings. The SMILES string of the molecule is COCC1(CNC(=O)[C@@H](O)c2ccc(C(F)(F)F)cc2)CCC1. The summed E-state index contributed by atoms with van der Waals surface area (Å²) in [6.07, 6.45) is -2.98. The Morgan fingerprint density at radius 3 is 2.39 bits per heavy atom. The van der Waals surface area contributed by atoms with Crippen LogP contribution in [0, 0.1) is 5.41 Å². The third-order valence-electron chi connectivity index (χ3n) is 4.30. The highest BCUT2D eigenvalue weighted by Gasteiger charge is 2.37. The van der Waals surface area contributed by atoms with Crippen LogP contribution in [0.5, 0.6) is 0 Å². The molecule has 1 aliphatic rings. The molecule has 2 rings (SSSR count). The Labute approximate surface area is 132 Å². The summed E-state index contributed by atoms with van der Waals surface area (Å²) in [4.78, 5) is 12.0. The zero-order valence-corrected chi connectivity index (χ0v) is 12.8. The van der Waals surface area contributed by atoms with Crippen LogP contribution in [0.4, 0.5) is 13.2 Å². The van der Waals surface area contributed by atoms with Crippen molar-refractivity contribution in [2.45, 2.75) is 31.5 Å². The summed E-state index contributed by atoms with van der Waals surface area (Å²) in [6.45, 7) is 0.918. The van der Waals surface area contributed by atoms with Crippen molar-refractivity contribution >= 4 is 5.91 Å². The lowest BCUT2D eigenvalue weighted by Crippen LogP contribution is -2.46. The van der Waals surface area contributed by atoms with E-state index in [4.69, 9.17) is 4.74 Å². The van der Waals surface area contributed by atoms with Crippen molar-refractivity contribution in [3.05, 3.63) is 35.4 Å². The van der Waals surface area contributed by atoms with Gasteiger partial charge in [-0.15, -0.1) is 0 Å². The van der Waals surface area contributed by atoms with Gasteiger partial charge in [-0.2, -0.15) is 13.2 Å². The predicted octanol–water partition coefficient (Wildman–Crippen LogP) is 2.67. The minimum absolute atomic E-state index is 0.0930. The van der Waals surface area contributed by atoms with Crippen molar-refractivity contribution in [1.82, 2.24) is 5.32 Å². The highest BCUT2D eigenvalue weighted by atomic mass is 19.4. The molecule has 4 nitrogen and oxygen atoms in total. The number of carbonyl (C=O) groups excluding carboxylic acids is 1. The molecular formula is C16H20F3NO3. The molecule has 0 aliphatic heterocycles. The number of halogens is 3. The van der Waals surface area contributed by atoms with E-state index in [1.807, 2.05) is 0 Å². The van der Waals surface area contributed by atoms with Crippen LogP contribution < -0.4 is 5.32 Å². The summed E-state index contributed by atoms with van der Waals surface area (Å²) >= 11 is 0. The quantitative estimate of drug-likeness (QED) is 0.843. The fourth-order valence-corrected chi connectivity index (χ4v) is 2.73. The lowest BCUT2D eigenvalue weighted by molar-refractivity contribution is -0.137. The summed E-state index contributed by atoms with van der Waals surface area (Å²) in [5.74, 6) is -0.618. The highest BCUT2D eigenvalue weighted by Crippen LogP contribution is 2.40. The molecule has 1 aliphatic carbocycles. The first-order valence-electron chi connectivity index (χ1n) is 7.39. The Morgan fingerprint density at radius 2 is 1.96 bits per heavy atom. The van der Waals surface area contributed by atoms with Gasteiger partial charge in [-0.3, -0.25) is 4.79 Å². The normalized spacial score (nSPS) is 18.1. The number of hydrogen-bond acceptors (Lipinski definition) is 3. The standard InChI is InChI=1S/C16H20F3NO3/c1-23-10-15(7-2-8-15)9-20-14(22)13(21)11-3-5-12(6-4-11)16(17,18)19/h3-6,13,21H,2,7-10H2,1H3,(H,20,22)/t13-/m0/s1. The molecule has 1 saturated carbocycles. The van der Waals surface area contributed by atoms with E-state index in [1.165, 1.54) is 0 Å². The Bertz CT molecular complexity index is 538. The number of ether oxygens (including phenoxy) is 1. The second-order valence-corrected chi connectivity index (χ2v) is 6.03. The van der Waals surface area contributed by atoms with Gasteiger partial charge in [-0.05, 0) is 30.5 Å². The molecule has 0 spiro atoms. The first-order valence-corrected chi connectivity index (χ1v) is 7.39. The van der Waals surface area contributed by atoms with E-state index in [9.17, 15) is 23.1 Å². The number of alkyl halides is 3. The van der Waals surface area contributed by atoms with Crippen LogP contribution in [0.1, 0.15) is 36.5 Å². The third-order valence-corrected chi connectivity index (χ3v) is 4.30. The second-order valence-electron chi connectivity index (χ2n) is 6.03. The fourth-order valence-electron chi connectivity index (χ4n) is 2.73. The average molecular weight is 331 g/mol. The molecule has 1 fully saturated rings. The Morgan fingerprint density at radius 1 is 1.35 bits per heavy atom. The van der Waals surface area contributed by atoms with Gasteiger partial charge >= 0.3 is 6.18 Å². The van der Waals surface area contributed by atoms with Crippen LogP contribution in [0.2, 0.25) is 0 Å². The van der Waals surface area contributed by atoms with Gasteiger partial charge < -0.3 is 15.2 Å². The first-order chi connectivity index (χ1) is 10.8. The van der Waals surface area contributed by atoms with E-state index in [0.29, 0.717) is 13.2 Å². The molecule has 2 N–H and O–H groups in total. The Kier molecular flexibility index (Phi) is 5.31. The van der Waals surface area contributed by atoms with Gasteiger partial charge in [0.25, 0.3) is 5.91 Å². The number of carbonyl (C=O) groups is 1. The Hall–Kier alpha value is -1.60. The van der Waals surface area contributed by atoms with Crippen molar-refractivity contribution < 1.29 is 27.8 Å². The van der Waals surface area contributed by atoms with Crippen molar-refractivity contribution in [3.8, 4) is 0 Å². The van der Waals surface area contributed by atoms with Crippen molar-refractivity contribution in [2.75, 3.05) is 20.3 Å². The topological polar surface area (TPSA) is 58.6 Å². The number of aliphatic hydroxyl groups excluding tert-OH is 1. The maximum Gasteiger partial charge on any atom is 0.416 e. The molecule has 0 radical (unpaired) electrons. The monoisotopic (exact) mass is 331 g/mol. The molecule has 7 heteroatoms. The van der Waals surface area contributed by atoms with Crippen molar-refractivity contribution in [1.29, 1.82) is 0 Å². The molecule has 23 heavy (non-hydrogen) atoms. The summed E-state index contributed by atoms with van der Waals surface area (Å²) in [5.41, 5.74) is -0.781. The zero-order valence-electron chi connectivity index (χ0n) is 12.8. The number of benzene rings is 1. The summed E-state index contributed by atoms with van der Waals surface area (Å²) in [7, 11) is 1.60. The number of rotatable bonds is 6. The molecule has 1 amide bonds. The highest BCUT2D eigenvalue weighted by molar-refractivity contribution is 5.81. The fraction of sp³-hybridized carbons (Fsp3) is 0.562. The number of hydrogen-bond donors (Lipinski definition) is 2. The van der Waals surface area contributed by atoms with E-state index in [-0.39, 0.29) is 11.0 Å². The molecule has 0 unspecified atom stereocenters. The van der Waals surface area contributed by atoms with Crippen LogP contribution in [-0.2, 0) is 15.7 Å². The average Bonchev–Trinajstić information content (AvgIpc) is 2.48. The molecule has 0 aromatic heterocycles. The molecule has 1 atom stereocenters. The van der Waals surface area contributed by atoms with Gasteiger partial charge in [0, 0.05) is 19.1 Å². The minimum atomic E-state index is -4.44. The maximum atomic E-state index is 12.5. The summed E-state index contributed by atoms with van der Waals surface area (Å²) in [5, 5.41) is 12.6. The van der Waals surface area contributed by atoms with Crippen LogP contribution in [-0.4, -0.2) is 31.3 Å². The lowest BCUT2D eigenvalue weighted by Gasteiger charge is -2.41. The lowest BCUT2D eigenvalue weighted by atomic mass is 9.69. The third kappa shape index (κ3) is 4.23. The zero-order chi connectivity index (χ0) is 17.1. The Balaban J connectivity index is 1.94. The van der Waals surface area contributed by atoms with Gasteiger partial charge in [-0.25, -0.2) is 0 Å². The van der Waals surface area contributed by atoms with Crippen molar-refractivity contribution in [2.24, 2.45) is 5.41 Å². The van der Waals surface area contributed by atoms with Gasteiger partial charge in [0.15, 0.2) is 6.10 Å². The molecule has 0 saturated heterocycles. The van der Waals surface area contributed by atoms with Crippen LogP contribution >= 0.6 is 0 Å². The minimum Gasteiger partial charge on any atom is -0.384 e. The van der Waals surface area contributed by atoms with E-state index in [1.54, 1.807) is 7.11 Å². The smallest absolute Gasteiger partial charge is 0.384 e. The van der Waals surface area contributed by atoms with E-state index in [2.05, 4.69) is 5.32 Å². The number of amides is 1. The number of aliphatic hydroxyl groups is 1. The van der Waals surface area contributed by atoms with Crippen LogP contribution in [0.3, 0.4) is 0 Å². The predicted molar refractivity (Wildman–Crippen MR) is 77.6 cm³/mol. The summed E-state index contributed by atoms with van der Waals surface area (Å²) < 4.78 is 42.6. The molecular weight excluding hydrogens is 311 g/mol. The van der Waals surface area contributed by atoms with Gasteiger partial charge in [0.1, 0.15) is 0 Å². The van der Waals surface area contributed by atoms with E-state index < -0.39 is 23.8 Å². The second kappa shape index (κ2) is 6.88. The number of nitrogens with one attached hydrogen (secondary N) is 1. The van der Waals surface area contributed by atoms with Crippen LogP contribution in [0.15, 0.2) is 24.3 Å². The van der Waals surface area contributed by atoms with Gasteiger partial charge in [0.05, 0.1) is 12.2 Å². The van der Waals surface area contributed by atoms with Crippen LogP contribution in [0.25, 0.3) is 0 Å². The molecule has 128 valence electrons. The number of methoxy groups -OCH3 is 1. The van der Waals surface area contributed by atoms with E-state index >= 15 is 0 Å². The largest absolute Gasteiger partial charge is 0.416 e. The van der Waals surface area contributed by atoms with Gasteiger partial charge in [-0.1, -0.05) is 18.6 Å². The molecule has 0 bridgehead atoms. The summed E-state index contributed by atoms with van der Waals surface area (Å²) in [6, 6.07) is 3.93. The van der Waals surface area contributed by atoms with Gasteiger partial charge in [0.2, 0.25) is 0 Å². The molecule has 0 heterocycles. The maximum absolute atomic E-state index is 12.5.